The summed E-state index contributed by atoms with van der Waals surface area (Å²) in [5.41, 5.74) is 0.420. The molecule has 1 aromatic heterocycles. The van der Waals surface area contributed by atoms with E-state index in [0.717, 1.165) is 31.7 Å². The summed E-state index contributed by atoms with van der Waals surface area (Å²) in [5.74, 6) is 2.30. The first-order chi connectivity index (χ1) is 9.54. The third-order valence-corrected chi connectivity index (χ3v) is 4.46. The molecule has 1 amide bonds. The Balaban J connectivity index is 1.65. The normalized spacial score (nSPS) is 27.2. The minimum atomic E-state index is -0.105. The molecular weight excluding hydrogens is 254 g/mol. The average Bonchev–Trinajstić information content (AvgIpc) is 2.99. The summed E-state index contributed by atoms with van der Waals surface area (Å²) < 4.78 is 5.25. The number of hydrogen-bond acceptors (Lipinski definition) is 4. The summed E-state index contributed by atoms with van der Waals surface area (Å²) >= 11 is 0. The first-order valence-corrected chi connectivity index (χ1v) is 7.50. The first-order valence-electron chi connectivity index (χ1n) is 7.50. The lowest BCUT2D eigenvalue weighted by Crippen LogP contribution is -2.42. The van der Waals surface area contributed by atoms with Crippen LogP contribution in [0.25, 0.3) is 0 Å². The fourth-order valence-corrected chi connectivity index (χ4v) is 3.06. The molecule has 1 N–H and O–H groups in total. The van der Waals surface area contributed by atoms with E-state index in [0.29, 0.717) is 23.4 Å². The molecule has 2 aliphatic rings. The van der Waals surface area contributed by atoms with Gasteiger partial charge in [0.15, 0.2) is 5.69 Å². The van der Waals surface area contributed by atoms with Gasteiger partial charge < -0.3 is 14.7 Å². The van der Waals surface area contributed by atoms with E-state index in [1.807, 2.05) is 0 Å². The van der Waals surface area contributed by atoms with E-state index in [2.05, 4.69) is 36.3 Å². The predicted octanol–water partition coefficient (Wildman–Crippen LogP) is 1.87. The second kappa shape index (κ2) is 5.20. The highest BCUT2D eigenvalue weighted by Gasteiger charge is 2.35. The Morgan fingerprint density at radius 2 is 2.20 bits per heavy atom. The Kier molecular flexibility index (Phi) is 3.54. The molecule has 0 bridgehead atoms. The molecule has 1 saturated heterocycles. The van der Waals surface area contributed by atoms with Crippen LogP contribution in [-0.2, 0) is 0 Å². The minimum Gasteiger partial charge on any atom is -0.360 e. The van der Waals surface area contributed by atoms with Gasteiger partial charge in [0.05, 0.1) is 0 Å². The molecular formula is C15H23N3O2. The number of likely N-dealkylation sites (tertiary alicyclic amines) is 1. The van der Waals surface area contributed by atoms with E-state index in [-0.39, 0.29) is 11.9 Å². The lowest BCUT2D eigenvalue weighted by atomic mass is 9.91. The molecule has 5 nitrogen and oxygen atoms in total. The first kappa shape index (κ1) is 13.6. The van der Waals surface area contributed by atoms with Crippen molar-refractivity contribution in [3.8, 4) is 0 Å². The van der Waals surface area contributed by atoms with Crippen molar-refractivity contribution in [2.75, 3.05) is 20.1 Å². The van der Waals surface area contributed by atoms with Gasteiger partial charge in [0, 0.05) is 31.1 Å². The van der Waals surface area contributed by atoms with Gasteiger partial charge in [-0.2, -0.15) is 0 Å². The molecule has 3 rings (SSSR count). The standard InChI is InChI=1S/C15H23N3O2/c1-9(2)11-7-18(3)8-13(11)16-15(19)12-6-14(20-17-12)10-4-5-10/h6,9-11,13H,4-5,7-8H2,1-3H3,(H,16,19)/t11?,13-/m0/s1. The second-order valence-corrected chi connectivity index (χ2v) is 6.60. The average molecular weight is 277 g/mol. The van der Waals surface area contributed by atoms with Gasteiger partial charge in [-0.15, -0.1) is 0 Å². The monoisotopic (exact) mass is 277 g/mol. The maximum absolute atomic E-state index is 12.3. The molecule has 1 unspecified atom stereocenters. The zero-order valence-electron chi connectivity index (χ0n) is 12.4. The Morgan fingerprint density at radius 1 is 1.45 bits per heavy atom. The topological polar surface area (TPSA) is 58.4 Å². The van der Waals surface area contributed by atoms with Gasteiger partial charge in [-0.25, -0.2) is 0 Å². The minimum absolute atomic E-state index is 0.105. The summed E-state index contributed by atoms with van der Waals surface area (Å²) in [6.45, 7) is 6.37. The maximum atomic E-state index is 12.3. The number of rotatable bonds is 4. The van der Waals surface area contributed by atoms with Crippen LogP contribution in [0.1, 0.15) is 48.9 Å². The van der Waals surface area contributed by atoms with E-state index in [1.165, 1.54) is 0 Å². The number of hydrogen-bond donors (Lipinski definition) is 1. The molecule has 20 heavy (non-hydrogen) atoms. The fraction of sp³-hybridized carbons (Fsp3) is 0.733. The van der Waals surface area contributed by atoms with Gasteiger partial charge in [0.2, 0.25) is 0 Å². The van der Waals surface area contributed by atoms with Crippen molar-refractivity contribution < 1.29 is 9.32 Å². The van der Waals surface area contributed by atoms with Gasteiger partial charge in [0.1, 0.15) is 5.76 Å². The Hall–Kier alpha value is -1.36. The van der Waals surface area contributed by atoms with Crippen molar-refractivity contribution in [3.63, 3.8) is 0 Å². The summed E-state index contributed by atoms with van der Waals surface area (Å²) in [4.78, 5) is 14.6. The van der Waals surface area contributed by atoms with Gasteiger partial charge in [-0.05, 0) is 31.7 Å². The number of likely N-dealkylation sites (N-methyl/N-ethyl adjacent to an activating group) is 1. The van der Waals surface area contributed by atoms with Crippen LogP contribution < -0.4 is 5.32 Å². The second-order valence-electron chi connectivity index (χ2n) is 6.60. The van der Waals surface area contributed by atoms with Gasteiger partial charge in [0.25, 0.3) is 5.91 Å². The summed E-state index contributed by atoms with van der Waals surface area (Å²) in [5, 5.41) is 7.03. The van der Waals surface area contributed by atoms with Crippen LogP contribution >= 0.6 is 0 Å². The molecule has 2 heterocycles. The van der Waals surface area contributed by atoms with Crippen molar-refractivity contribution in [1.82, 2.24) is 15.4 Å². The van der Waals surface area contributed by atoms with E-state index in [9.17, 15) is 4.79 Å². The predicted molar refractivity (Wildman–Crippen MR) is 75.6 cm³/mol. The van der Waals surface area contributed by atoms with Crippen LogP contribution in [-0.4, -0.2) is 42.1 Å². The molecule has 0 aromatic carbocycles. The van der Waals surface area contributed by atoms with E-state index in [1.54, 1.807) is 6.07 Å². The molecule has 0 spiro atoms. The van der Waals surface area contributed by atoms with E-state index >= 15 is 0 Å². The zero-order valence-corrected chi connectivity index (χ0v) is 12.4. The van der Waals surface area contributed by atoms with Crippen molar-refractivity contribution in [3.05, 3.63) is 17.5 Å². The van der Waals surface area contributed by atoms with Crippen LogP contribution in [0.4, 0.5) is 0 Å². The van der Waals surface area contributed by atoms with Gasteiger partial charge in [-0.1, -0.05) is 19.0 Å². The number of nitrogens with zero attached hydrogens (tertiary/aromatic N) is 2. The quantitative estimate of drug-likeness (QED) is 0.912. The van der Waals surface area contributed by atoms with Crippen molar-refractivity contribution in [2.24, 2.45) is 11.8 Å². The van der Waals surface area contributed by atoms with Crippen LogP contribution in [0.5, 0.6) is 0 Å². The molecule has 5 heteroatoms. The van der Waals surface area contributed by atoms with Gasteiger partial charge >= 0.3 is 0 Å². The zero-order chi connectivity index (χ0) is 14.3. The molecule has 110 valence electrons. The molecule has 2 atom stereocenters. The highest BCUT2D eigenvalue weighted by molar-refractivity contribution is 5.92. The van der Waals surface area contributed by atoms with Crippen molar-refractivity contribution >= 4 is 5.91 Å². The Labute approximate surface area is 119 Å². The molecule has 1 aliphatic carbocycles. The Morgan fingerprint density at radius 3 is 2.85 bits per heavy atom. The molecule has 0 radical (unpaired) electrons. The number of amides is 1. The number of carbonyl (C=O) groups is 1. The molecule has 2 fully saturated rings. The molecule has 1 aliphatic heterocycles. The maximum Gasteiger partial charge on any atom is 0.273 e. The van der Waals surface area contributed by atoms with Crippen LogP contribution in [0.3, 0.4) is 0 Å². The Bertz CT molecular complexity index is 493. The lowest BCUT2D eigenvalue weighted by molar-refractivity contribution is 0.0916. The third-order valence-electron chi connectivity index (χ3n) is 4.46. The molecule has 1 aromatic rings. The number of carbonyl (C=O) groups excluding carboxylic acids is 1. The largest absolute Gasteiger partial charge is 0.360 e. The van der Waals surface area contributed by atoms with Crippen LogP contribution in [0.15, 0.2) is 10.6 Å². The van der Waals surface area contributed by atoms with E-state index < -0.39 is 0 Å². The van der Waals surface area contributed by atoms with Crippen LogP contribution in [0, 0.1) is 11.8 Å². The van der Waals surface area contributed by atoms with Crippen molar-refractivity contribution in [1.29, 1.82) is 0 Å². The van der Waals surface area contributed by atoms with Crippen molar-refractivity contribution in [2.45, 2.75) is 38.6 Å². The summed E-state index contributed by atoms with van der Waals surface area (Å²) in [6, 6.07) is 2.00. The smallest absolute Gasteiger partial charge is 0.273 e. The van der Waals surface area contributed by atoms with Gasteiger partial charge in [-0.3, -0.25) is 4.79 Å². The summed E-state index contributed by atoms with van der Waals surface area (Å²) in [6.07, 6.45) is 2.30. The highest BCUT2D eigenvalue weighted by atomic mass is 16.5. The molecule has 1 saturated carbocycles. The van der Waals surface area contributed by atoms with Crippen LogP contribution in [0.2, 0.25) is 0 Å². The highest BCUT2D eigenvalue weighted by Crippen LogP contribution is 2.40. The third kappa shape index (κ3) is 2.73. The summed E-state index contributed by atoms with van der Waals surface area (Å²) in [7, 11) is 2.10. The fourth-order valence-electron chi connectivity index (χ4n) is 3.06. The SMILES string of the molecule is CC(C)C1CN(C)C[C@@H]1NC(=O)c1cc(C2CC2)on1. The lowest BCUT2D eigenvalue weighted by Gasteiger charge is -2.22. The number of aromatic nitrogens is 1. The van der Waals surface area contributed by atoms with E-state index in [4.69, 9.17) is 4.52 Å². The number of nitrogens with one attached hydrogen (secondary N) is 1.